The SMILES string of the molecule is Cc1ccnc(NC(=O)Nc2cc(C(=O)NCC(F)(F)F)ccc2-c2ccccc2)n1. The third-order valence-corrected chi connectivity index (χ3v) is 4.08. The number of hydrogen-bond donors (Lipinski definition) is 3. The van der Waals surface area contributed by atoms with E-state index in [9.17, 15) is 22.8 Å². The molecule has 0 aliphatic heterocycles. The van der Waals surface area contributed by atoms with Gasteiger partial charge in [0.1, 0.15) is 6.54 Å². The lowest BCUT2D eigenvalue weighted by atomic mass is 10.0. The van der Waals surface area contributed by atoms with Crippen molar-refractivity contribution in [3.8, 4) is 11.1 Å². The summed E-state index contributed by atoms with van der Waals surface area (Å²) in [4.78, 5) is 32.6. The van der Waals surface area contributed by atoms with E-state index in [2.05, 4.69) is 20.6 Å². The molecule has 0 radical (unpaired) electrons. The fraction of sp³-hybridized carbons (Fsp3) is 0.143. The molecule has 0 saturated carbocycles. The summed E-state index contributed by atoms with van der Waals surface area (Å²) in [5, 5.41) is 6.91. The summed E-state index contributed by atoms with van der Waals surface area (Å²) in [6.07, 6.45) is -3.05. The molecular formula is C21H18F3N5O2. The molecular weight excluding hydrogens is 411 g/mol. The van der Waals surface area contributed by atoms with Crippen molar-refractivity contribution in [3.05, 3.63) is 72.1 Å². The largest absolute Gasteiger partial charge is 0.405 e. The molecule has 0 fully saturated rings. The fourth-order valence-electron chi connectivity index (χ4n) is 2.71. The number of urea groups is 1. The second-order valence-electron chi connectivity index (χ2n) is 6.52. The number of aromatic nitrogens is 2. The minimum atomic E-state index is -4.53. The third-order valence-electron chi connectivity index (χ3n) is 4.08. The van der Waals surface area contributed by atoms with Gasteiger partial charge in [-0.3, -0.25) is 10.1 Å². The highest BCUT2D eigenvalue weighted by Gasteiger charge is 2.28. The van der Waals surface area contributed by atoms with Gasteiger partial charge in [-0.1, -0.05) is 36.4 Å². The van der Waals surface area contributed by atoms with Crippen molar-refractivity contribution in [1.82, 2.24) is 15.3 Å². The maximum absolute atomic E-state index is 12.5. The molecule has 0 aliphatic rings. The van der Waals surface area contributed by atoms with Gasteiger partial charge in [-0.15, -0.1) is 0 Å². The van der Waals surface area contributed by atoms with Gasteiger partial charge >= 0.3 is 12.2 Å². The lowest BCUT2D eigenvalue weighted by Gasteiger charge is -2.14. The summed E-state index contributed by atoms with van der Waals surface area (Å²) >= 11 is 0. The molecule has 2 aromatic carbocycles. The highest BCUT2D eigenvalue weighted by atomic mass is 19.4. The van der Waals surface area contributed by atoms with Crippen molar-refractivity contribution in [3.63, 3.8) is 0 Å². The molecule has 10 heteroatoms. The number of nitrogens with zero attached hydrogens (tertiary/aromatic N) is 2. The number of amides is 3. The molecule has 0 saturated heterocycles. The van der Waals surface area contributed by atoms with Crippen LogP contribution in [0.5, 0.6) is 0 Å². The van der Waals surface area contributed by atoms with Crippen molar-refractivity contribution in [2.24, 2.45) is 0 Å². The number of hydrogen-bond acceptors (Lipinski definition) is 4. The fourth-order valence-corrected chi connectivity index (χ4v) is 2.71. The van der Waals surface area contributed by atoms with E-state index in [1.165, 1.54) is 18.3 Å². The predicted molar refractivity (Wildman–Crippen MR) is 110 cm³/mol. The number of aryl methyl sites for hydroxylation is 1. The van der Waals surface area contributed by atoms with Gasteiger partial charge in [-0.25, -0.2) is 14.8 Å². The van der Waals surface area contributed by atoms with Crippen LogP contribution >= 0.6 is 0 Å². The maximum atomic E-state index is 12.5. The van der Waals surface area contributed by atoms with Crippen LogP contribution in [0, 0.1) is 6.92 Å². The van der Waals surface area contributed by atoms with Crippen LogP contribution in [0.3, 0.4) is 0 Å². The number of anilines is 2. The molecule has 0 spiro atoms. The summed E-state index contributed by atoms with van der Waals surface area (Å²) in [5.74, 6) is -0.833. The molecule has 31 heavy (non-hydrogen) atoms. The average molecular weight is 429 g/mol. The Morgan fingerprint density at radius 3 is 2.42 bits per heavy atom. The van der Waals surface area contributed by atoms with Crippen LogP contribution in [-0.2, 0) is 0 Å². The zero-order chi connectivity index (χ0) is 22.4. The minimum Gasteiger partial charge on any atom is -0.343 e. The second kappa shape index (κ2) is 9.24. The number of carbonyl (C=O) groups excluding carboxylic acids is 2. The van der Waals surface area contributed by atoms with Crippen molar-refractivity contribution in [2.75, 3.05) is 17.2 Å². The van der Waals surface area contributed by atoms with Crippen LogP contribution in [0.1, 0.15) is 16.1 Å². The van der Waals surface area contributed by atoms with E-state index in [4.69, 9.17) is 0 Å². The summed E-state index contributed by atoms with van der Waals surface area (Å²) in [7, 11) is 0. The standard InChI is InChI=1S/C21H18F3N5O2/c1-13-9-10-25-19(27-13)29-20(31)28-17-11-15(18(30)26-12-21(22,23)24)7-8-16(17)14-5-3-2-4-6-14/h2-11H,12H2,1H3,(H,26,30)(H2,25,27,28,29,31). The Hall–Kier alpha value is -3.95. The topological polar surface area (TPSA) is 96.0 Å². The van der Waals surface area contributed by atoms with E-state index < -0.39 is 24.7 Å². The van der Waals surface area contributed by atoms with E-state index in [0.717, 1.165) is 5.56 Å². The Bertz CT molecular complexity index is 1090. The first-order chi connectivity index (χ1) is 14.7. The lowest BCUT2D eigenvalue weighted by Crippen LogP contribution is -2.33. The van der Waals surface area contributed by atoms with Gasteiger partial charge in [-0.05, 0) is 30.7 Å². The first kappa shape index (κ1) is 21.8. The molecule has 1 heterocycles. The normalized spacial score (nSPS) is 11.0. The summed E-state index contributed by atoms with van der Waals surface area (Å²) in [5.41, 5.74) is 2.17. The molecule has 0 unspecified atom stereocenters. The zero-order valence-electron chi connectivity index (χ0n) is 16.3. The van der Waals surface area contributed by atoms with Gasteiger partial charge in [0.25, 0.3) is 5.91 Å². The van der Waals surface area contributed by atoms with Gasteiger partial charge in [-0.2, -0.15) is 13.2 Å². The third kappa shape index (κ3) is 6.26. The van der Waals surface area contributed by atoms with Gasteiger partial charge in [0, 0.05) is 23.0 Å². The van der Waals surface area contributed by atoms with E-state index >= 15 is 0 Å². The van der Waals surface area contributed by atoms with Gasteiger partial charge in [0.15, 0.2) is 0 Å². The van der Waals surface area contributed by atoms with Crippen LogP contribution in [0.25, 0.3) is 11.1 Å². The predicted octanol–water partition coefficient (Wildman–Crippen LogP) is 4.39. The summed E-state index contributed by atoms with van der Waals surface area (Å²) < 4.78 is 37.2. The smallest absolute Gasteiger partial charge is 0.343 e. The summed E-state index contributed by atoms with van der Waals surface area (Å²) in [6.45, 7) is 0.279. The van der Waals surface area contributed by atoms with Crippen LogP contribution in [0.2, 0.25) is 0 Å². The Balaban J connectivity index is 1.87. The van der Waals surface area contributed by atoms with Crippen LogP contribution in [0.15, 0.2) is 60.8 Å². The number of benzene rings is 2. The number of halogens is 3. The van der Waals surface area contributed by atoms with Crippen LogP contribution in [0.4, 0.5) is 29.6 Å². The van der Waals surface area contributed by atoms with Gasteiger partial charge in [0.2, 0.25) is 5.95 Å². The molecule has 3 amide bonds. The Morgan fingerprint density at radius 2 is 1.74 bits per heavy atom. The number of alkyl halides is 3. The van der Waals surface area contributed by atoms with Crippen molar-refractivity contribution < 1.29 is 22.8 Å². The molecule has 160 valence electrons. The minimum absolute atomic E-state index is 0.0361. The maximum Gasteiger partial charge on any atom is 0.405 e. The van der Waals surface area contributed by atoms with E-state index in [0.29, 0.717) is 11.3 Å². The second-order valence-corrected chi connectivity index (χ2v) is 6.52. The molecule has 3 rings (SSSR count). The molecule has 1 aromatic heterocycles. The molecule has 3 aromatic rings. The van der Waals surface area contributed by atoms with Gasteiger partial charge < -0.3 is 10.6 Å². The van der Waals surface area contributed by atoms with Gasteiger partial charge in [0.05, 0.1) is 5.69 Å². The molecule has 0 atom stereocenters. The highest BCUT2D eigenvalue weighted by molar-refractivity contribution is 6.03. The highest BCUT2D eigenvalue weighted by Crippen LogP contribution is 2.29. The molecule has 7 nitrogen and oxygen atoms in total. The lowest BCUT2D eigenvalue weighted by molar-refractivity contribution is -0.123. The van der Waals surface area contributed by atoms with E-state index in [1.807, 2.05) is 11.4 Å². The van der Waals surface area contributed by atoms with Crippen molar-refractivity contribution in [2.45, 2.75) is 13.1 Å². The Labute approximate surface area is 175 Å². The molecule has 0 aliphatic carbocycles. The monoisotopic (exact) mass is 429 g/mol. The first-order valence-electron chi connectivity index (χ1n) is 9.13. The quantitative estimate of drug-likeness (QED) is 0.561. The molecule has 0 bridgehead atoms. The number of nitrogens with one attached hydrogen (secondary N) is 3. The number of carbonyl (C=O) groups is 2. The summed E-state index contributed by atoms with van der Waals surface area (Å²) in [6, 6.07) is 14.2. The van der Waals surface area contributed by atoms with E-state index in [-0.39, 0.29) is 17.2 Å². The van der Waals surface area contributed by atoms with Crippen LogP contribution in [-0.4, -0.2) is 34.6 Å². The Kier molecular flexibility index (Phi) is 6.49. The van der Waals surface area contributed by atoms with Crippen molar-refractivity contribution >= 4 is 23.6 Å². The first-order valence-corrected chi connectivity index (χ1v) is 9.13. The van der Waals surface area contributed by atoms with Crippen molar-refractivity contribution in [1.29, 1.82) is 0 Å². The Morgan fingerprint density at radius 1 is 1.00 bits per heavy atom. The zero-order valence-corrected chi connectivity index (χ0v) is 16.3. The van der Waals surface area contributed by atoms with E-state index in [1.54, 1.807) is 43.3 Å². The molecule has 3 N–H and O–H groups in total. The van der Waals surface area contributed by atoms with Crippen LogP contribution < -0.4 is 16.0 Å². The number of rotatable bonds is 5. The average Bonchev–Trinajstić information content (AvgIpc) is 2.72.